The summed E-state index contributed by atoms with van der Waals surface area (Å²) in [6.07, 6.45) is 2.56. The maximum absolute atomic E-state index is 12.3. The summed E-state index contributed by atoms with van der Waals surface area (Å²) in [4.78, 5) is 25.5. The van der Waals surface area contributed by atoms with Crippen molar-refractivity contribution in [1.82, 2.24) is 4.90 Å². The molecule has 1 amide bonds. The summed E-state index contributed by atoms with van der Waals surface area (Å²) in [6.45, 7) is 3.00. The number of benzene rings is 1. The lowest BCUT2D eigenvalue weighted by Crippen LogP contribution is -2.41. The van der Waals surface area contributed by atoms with Gasteiger partial charge in [-0.1, -0.05) is 19.4 Å². The van der Waals surface area contributed by atoms with Crippen LogP contribution in [0.3, 0.4) is 0 Å². The predicted octanol–water partition coefficient (Wildman–Crippen LogP) is 1.61. The Bertz CT molecular complexity index is 514. The highest BCUT2D eigenvalue weighted by Crippen LogP contribution is 2.21. The molecule has 5 nitrogen and oxygen atoms in total. The molecule has 0 aromatic heterocycles. The monoisotopic (exact) mass is 276 g/mol. The summed E-state index contributed by atoms with van der Waals surface area (Å²) in [5.74, 6) is -0.495. The van der Waals surface area contributed by atoms with Crippen molar-refractivity contribution in [2.45, 2.75) is 26.2 Å². The Kier molecular flexibility index (Phi) is 4.61. The number of carbonyl (C=O) groups excluding carboxylic acids is 2. The van der Waals surface area contributed by atoms with Crippen LogP contribution in [0.2, 0.25) is 0 Å². The highest BCUT2D eigenvalue weighted by Gasteiger charge is 2.26. The summed E-state index contributed by atoms with van der Waals surface area (Å²) in [7, 11) is 0. The molecule has 108 valence electrons. The predicted molar refractivity (Wildman–Crippen MR) is 76.3 cm³/mol. The fourth-order valence-corrected chi connectivity index (χ4v) is 2.22. The molecule has 0 fully saturated rings. The standard InChI is InChI=1S/C15H20N2O3/c1-2-3-8-20-14(18)10-17-7-6-11-4-5-12(16)9-13(11)15(17)19/h4-5,9H,2-3,6-8,10,16H2,1H3. The van der Waals surface area contributed by atoms with Gasteiger partial charge in [-0.15, -0.1) is 0 Å². The zero-order chi connectivity index (χ0) is 14.5. The second-order valence-corrected chi connectivity index (χ2v) is 4.97. The number of amides is 1. The van der Waals surface area contributed by atoms with E-state index >= 15 is 0 Å². The second kappa shape index (κ2) is 6.41. The van der Waals surface area contributed by atoms with E-state index in [1.165, 1.54) is 4.90 Å². The minimum absolute atomic E-state index is 0.0107. The first-order valence-corrected chi connectivity index (χ1v) is 6.95. The average Bonchev–Trinajstić information content (AvgIpc) is 2.43. The number of nitrogens with zero attached hydrogens (tertiary/aromatic N) is 1. The topological polar surface area (TPSA) is 72.6 Å². The lowest BCUT2D eigenvalue weighted by molar-refractivity contribution is -0.144. The first-order valence-electron chi connectivity index (χ1n) is 6.95. The molecule has 1 aliphatic heterocycles. The van der Waals surface area contributed by atoms with Gasteiger partial charge in [-0.2, -0.15) is 0 Å². The van der Waals surface area contributed by atoms with Crippen molar-refractivity contribution in [3.63, 3.8) is 0 Å². The van der Waals surface area contributed by atoms with Crippen LogP contribution < -0.4 is 5.73 Å². The molecular weight excluding hydrogens is 256 g/mol. The number of nitrogen functional groups attached to an aromatic ring is 1. The van der Waals surface area contributed by atoms with Crippen LogP contribution in [0.15, 0.2) is 18.2 Å². The van der Waals surface area contributed by atoms with Crippen LogP contribution in [-0.2, 0) is 16.0 Å². The highest BCUT2D eigenvalue weighted by atomic mass is 16.5. The van der Waals surface area contributed by atoms with Crippen molar-refractivity contribution in [3.05, 3.63) is 29.3 Å². The van der Waals surface area contributed by atoms with Gasteiger partial charge in [0, 0.05) is 17.8 Å². The van der Waals surface area contributed by atoms with Crippen LogP contribution in [0.5, 0.6) is 0 Å². The molecule has 5 heteroatoms. The number of carbonyl (C=O) groups is 2. The molecule has 20 heavy (non-hydrogen) atoms. The van der Waals surface area contributed by atoms with Crippen molar-refractivity contribution >= 4 is 17.6 Å². The zero-order valence-electron chi connectivity index (χ0n) is 11.7. The third kappa shape index (κ3) is 3.29. The number of rotatable bonds is 5. The molecular formula is C15H20N2O3. The van der Waals surface area contributed by atoms with Gasteiger partial charge in [0.1, 0.15) is 6.54 Å². The van der Waals surface area contributed by atoms with Gasteiger partial charge in [-0.25, -0.2) is 0 Å². The number of anilines is 1. The van der Waals surface area contributed by atoms with Crippen LogP contribution in [-0.4, -0.2) is 36.5 Å². The largest absolute Gasteiger partial charge is 0.464 e. The second-order valence-electron chi connectivity index (χ2n) is 4.97. The molecule has 0 saturated carbocycles. The van der Waals surface area contributed by atoms with Crippen LogP contribution in [0.4, 0.5) is 5.69 Å². The van der Waals surface area contributed by atoms with Crippen LogP contribution in [0, 0.1) is 0 Å². The average molecular weight is 276 g/mol. The van der Waals surface area contributed by atoms with Gasteiger partial charge in [0.25, 0.3) is 5.91 Å². The Balaban J connectivity index is 1.98. The molecule has 0 bridgehead atoms. The maximum Gasteiger partial charge on any atom is 0.325 e. The number of esters is 1. The Hall–Kier alpha value is -2.04. The molecule has 1 aromatic rings. The SMILES string of the molecule is CCCCOC(=O)CN1CCc2ccc(N)cc2C1=O. The maximum atomic E-state index is 12.3. The van der Waals surface area contributed by atoms with Crippen molar-refractivity contribution < 1.29 is 14.3 Å². The Morgan fingerprint density at radius 2 is 2.25 bits per heavy atom. The van der Waals surface area contributed by atoms with E-state index in [0.29, 0.717) is 24.4 Å². The molecule has 2 N–H and O–H groups in total. The van der Waals surface area contributed by atoms with E-state index in [1.807, 2.05) is 13.0 Å². The molecule has 1 aliphatic rings. The van der Waals surface area contributed by atoms with E-state index in [4.69, 9.17) is 10.5 Å². The van der Waals surface area contributed by atoms with Crippen molar-refractivity contribution in [2.75, 3.05) is 25.4 Å². The Labute approximate surface area is 118 Å². The van der Waals surface area contributed by atoms with Gasteiger partial charge in [-0.05, 0) is 30.5 Å². The summed E-state index contributed by atoms with van der Waals surface area (Å²) in [5.41, 5.74) is 7.85. The molecule has 0 unspecified atom stereocenters. The Morgan fingerprint density at radius 3 is 3.00 bits per heavy atom. The minimum atomic E-state index is -0.348. The van der Waals surface area contributed by atoms with Gasteiger partial charge in [-0.3, -0.25) is 9.59 Å². The first-order chi connectivity index (χ1) is 9.61. The van der Waals surface area contributed by atoms with E-state index in [1.54, 1.807) is 12.1 Å². The third-order valence-corrected chi connectivity index (χ3v) is 3.38. The zero-order valence-corrected chi connectivity index (χ0v) is 11.7. The summed E-state index contributed by atoms with van der Waals surface area (Å²) in [5, 5.41) is 0. The van der Waals surface area contributed by atoms with E-state index in [9.17, 15) is 9.59 Å². The third-order valence-electron chi connectivity index (χ3n) is 3.38. The lowest BCUT2D eigenvalue weighted by atomic mass is 9.98. The molecule has 1 heterocycles. The molecule has 0 aliphatic carbocycles. The highest BCUT2D eigenvalue weighted by molar-refractivity contribution is 5.99. The fourth-order valence-electron chi connectivity index (χ4n) is 2.22. The summed E-state index contributed by atoms with van der Waals surface area (Å²) in [6, 6.07) is 5.34. The number of nitrogens with two attached hydrogens (primary N) is 1. The molecule has 0 saturated heterocycles. The first kappa shape index (κ1) is 14.4. The van der Waals surface area contributed by atoms with Crippen LogP contribution in [0.1, 0.15) is 35.7 Å². The normalized spacial score (nSPS) is 14.1. The fraction of sp³-hybridized carbons (Fsp3) is 0.467. The number of hydrogen-bond acceptors (Lipinski definition) is 4. The van der Waals surface area contributed by atoms with Crippen LogP contribution >= 0.6 is 0 Å². The smallest absolute Gasteiger partial charge is 0.325 e. The van der Waals surface area contributed by atoms with E-state index in [-0.39, 0.29) is 18.4 Å². The molecule has 1 aromatic carbocycles. The van der Waals surface area contributed by atoms with Crippen molar-refractivity contribution in [2.24, 2.45) is 0 Å². The van der Waals surface area contributed by atoms with Gasteiger partial charge in [0.05, 0.1) is 6.61 Å². The number of ether oxygens (including phenoxy) is 1. The van der Waals surface area contributed by atoms with E-state index in [2.05, 4.69) is 0 Å². The van der Waals surface area contributed by atoms with Crippen molar-refractivity contribution in [1.29, 1.82) is 0 Å². The molecule has 0 spiro atoms. The number of fused-ring (bicyclic) bond motifs is 1. The number of unbranched alkanes of at least 4 members (excludes halogenated alkanes) is 1. The minimum Gasteiger partial charge on any atom is -0.464 e. The lowest BCUT2D eigenvalue weighted by Gasteiger charge is -2.27. The quantitative estimate of drug-likeness (QED) is 0.504. The van der Waals surface area contributed by atoms with Gasteiger partial charge >= 0.3 is 5.97 Å². The summed E-state index contributed by atoms with van der Waals surface area (Å²) < 4.78 is 5.09. The molecule has 2 rings (SSSR count). The number of hydrogen-bond donors (Lipinski definition) is 1. The van der Waals surface area contributed by atoms with Crippen LogP contribution in [0.25, 0.3) is 0 Å². The summed E-state index contributed by atoms with van der Waals surface area (Å²) >= 11 is 0. The van der Waals surface area contributed by atoms with Gasteiger partial charge < -0.3 is 15.4 Å². The Morgan fingerprint density at radius 1 is 1.45 bits per heavy atom. The molecule has 0 radical (unpaired) electrons. The van der Waals surface area contributed by atoms with E-state index in [0.717, 1.165) is 24.8 Å². The van der Waals surface area contributed by atoms with E-state index < -0.39 is 0 Å². The molecule has 0 atom stereocenters. The van der Waals surface area contributed by atoms with Gasteiger partial charge in [0.15, 0.2) is 0 Å². The van der Waals surface area contributed by atoms with Gasteiger partial charge in [0.2, 0.25) is 0 Å². The van der Waals surface area contributed by atoms with Crippen molar-refractivity contribution in [3.8, 4) is 0 Å².